The molecule has 5 nitrogen and oxygen atoms in total. The molecule has 0 atom stereocenters. The number of nitrogens with zero attached hydrogens (tertiary/aromatic N) is 2. The molecule has 1 aromatic carbocycles. The fourth-order valence-electron chi connectivity index (χ4n) is 1.50. The number of halogens is 1. The second-order valence-corrected chi connectivity index (χ2v) is 5.24. The molecule has 1 amide bonds. The smallest absolute Gasteiger partial charge is 0.271 e. The van der Waals surface area contributed by atoms with Crippen molar-refractivity contribution in [3.63, 3.8) is 0 Å². The molecule has 1 aromatic heterocycles. The Morgan fingerprint density at radius 3 is 2.58 bits per heavy atom. The predicted octanol–water partition coefficient (Wildman–Crippen LogP) is 1.31. The van der Waals surface area contributed by atoms with E-state index in [9.17, 15) is 9.59 Å². The maximum absolute atomic E-state index is 11.9. The number of rotatable bonds is 3. The van der Waals surface area contributed by atoms with E-state index in [1.165, 1.54) is 19.2 Å². The number of carbonyl (C=O) groups is 1. The van der Waals surface area contributed by atoms with Gasteiger partial charge in [0.15, 0.2) is 0 Å². The van der Waals surface area contributed by atoms with Crippen LogP contribution in [0.1, 0.15) is 16.1 Å². The third-order valence-corrected chi connectivity index (χ3v) is 3.28. The van der Waals surface area contributed by atoms with Crippen LogP contribution in [0.5, 0.6) is 0 Å². The summed E-state index contributed by atoms with van der Waals surface area (Å²) >= 11 is 2.22. The third-order valence-electron chi connectivity index (χ3n) is 2.56. The second kappa shape index (κ2) is 5.96. The minimum Gasteiger partial charge on any atom is -0.347 e. The summed E-state index contributed by atoms with van der Waals surface area (Å²) in [6.07, 6.45) is 0. The van der Waals surface area contributed by atoms with Crippen molar-refractivity contribution >= 4 is 28.5 Å². The van der Waals surface area contributed by atoms with E-state index < -0.39 is 0 Å². The van der Waals surface area contributed by atoms with Gasteiger partial charge in [0.25, 0.3) is 11.5 Å². The first-order chi connectivity index (χ1) is 9.06. The fraction of sp³-hybridized carbons (Fsp3) is 0.154. The lowest BCUT2D eigenvalue weighted by Crippen LogP contribution is -2.28. The van der Waals surface area contributed by atoms with Crippen LogP contribution in [0.2, 0.25) is 0 Å². The van der Waals surface area contributed by atoms with E-state index in [-0.39, 0.29) is 17.2 Å². The van der Waals surface area contributed by atoms with Crippen molar-refractivity contribution in [1.82, 2.24) is 15.1 Å². The van der Waals surface area contributed by atoms with Crippen molar-refractivity contribution in [3.05, 3.63) is 61.6 Å². The van der Waals surface area contributed by atoms with Gasteiger partial charge in [-0.25, -0.2) is 4.68 Å². The van der Waals surface area contributed by atoms with Crippen LogP contribution in [0.25, 0.3) is 0 Å². The SMILES string of the molecule is Cn1nc(C(=O)NCc2ccc(I)cc2)ccc1=O. The minimum atomic E-state index is -0.297. The predicted molar refractivity (Wildman–Crippen MR) is 79.8 cm³/mol. The van der Waals surface area contributed by atoms with Gasteiger partial charge < -0.3 is 5.32 Å². The van der Waals surface area contributed by atoms with Crippen LogP contribution in [-0.2, 0) is 13.6 Å². The Labute approximate surface area is 123 Å². The Bertz CT molecular complexity index is 650. The molecule has 1 N–H and O–H groups in total. The molecule has 0 aliphatic rings. The molecule has 0 aliphatic carbocycles. The van der Waals surface area contributed by atoms with Crippen molar-refractivity contribution in [2.45, 2.75) is 6.54 Å². The lowest BCUT2D eigenvalue weighted by Gasteiger charge is -2.05. The summed E-state index contributed by atoms with van der Waals surface area (Å²) in [5.74, 6) is -0.297. The lowest BCUT2D eigenvalue weighted by molar-refractivity contribution is 0.0943. The zero-order valence-electron chi connectivity index (χ0n) is 10.3. The van der Waals surface area contributed by atoms with E-state index in [0.29, 0.717) is 6.54 Å². The van der Waals surface area contributed by atoms with Gasteiger partial charge >= 0.3 is 0 Å². The molecule has 0 fully saturated rings. The van der Waals surface area contributed by atoms with Gasteiger partial charge in [-0.1, -0.05) is 12.1 Å². The highest BCUT2D eigenvalue weighted by atomic mass is 127. The number of amides is 1. The normalized spacial score (nSPS) is 10.2. The molecule has 0 saturated heterocycles. The third kappa shape index (κ3) is 3.63. The van der Waals surface area contributed by atoms with Crippen LogP contribution in [-0.4, -0.2) is 15.7 Å². The molecule has 0 spiro atoms. The van der Waals surface area contributed by atoms with Crippen LogP contribution in [0.15, 0.2) is 41.2 Å². The standard InChI is InChI=1S/C13H12IN3O2/c1-17-12(18)7-6-11(16-17)13(19)15-8-9-2-4-10(14)5-3-9/h2-7H,8H2,1H3,(H,15,19). The Kier molecular flexibility index (Phi) is 4.31. The van der Waals surface area contributed by atoms with Crippen molar-refractivity contribution < 1.29 is 4.79 Å². The average molecular weight is 369 g/mol. The van der Waals surface area contributed by atoms with Crippen molar-refractivity contribution in [2.24, 2.45) is 7.05 Å². The van der Waals surface area contributed by atoms with Gasteiger partial charge in [-0.3, -0.25) is 9.59 Å². The molecule has 0 saturated carbocycles. The zero-order chi connectivity index (χ0) is 13.8. The van der Waals surface area contributed by atoms with E-state index in [4.69, 9.17) is 0 Å². The maximum Gasteiger partial charge on any atom is 0.271 e. The zero-order valence-corrected chi connectivity index (χ0v) is 12.4. The summed E-state index contributed by atoms with van der Waals surface area (Å²) in [7, 11) is 1.51. The molecule has 0 bridgehead atoms. The highest BCUT2D eigenvalue weighted by Crippen LogP contribution is 2.06. The lowest BCUT2D eigenvalue weighted by atomic mass is 10.2. The van der Waals surface area contributed by atoms with E-state index in [1.54, 1.807) is 0 Å². The molecule has 0 unspecified atom stereocenters. The number of hydrogen-bond acceptors (Lipinski definition) is 3. The Balaban J connectivity index is 2.03. The molecular formula is C13H12IN3O2. The monoisotopic (exact) mass is 369 g/mol. The molecular weight excluding hydrogens is 357 g/mol. The van der Waals surface area contributed by atoms with Crippen LogP contribution in [0.4, 0.5) is 0 Å². The minimum absolute atomic E-state index is 0.229. The Morgan fingerprint density at radius 2 is 1.95 bits per heavy atom. The highest BCUT2D eigenvalue weighted by Gasteiger charge is 2.07. The van der Waals surface area contributed by atoms with Gasteiger partial charge in [0.05, 0.1) is 0 Å². The molecule has 2 rings (SSSR count). The first-order valence-corrected chi connectivity index (χ1v) is 6.71. The van der Waals surface area contributed by atoms with E-state index in [0.717, 1.165) is 13.8 Å². The topological polar surface area (TPSA) is 64.0 Å². The molecule has 6 heteroatoms. The van der Waals surface area contributed by atoms with E-state index >= 15 is 0 Å². The molecule has 1 heterocycles. The van der Waals surface area contributed by atoms with Crippen molar-refractivity contribution in [2.75, 3.05) is 0 Å². The van der Waals surface area contributed by atoms with Gasteiger partial charge in [-0.05, 0) is 46.4 Å². The number of aromatic nitrogens is 2. The average Bonchev–Trinajstić information content (AvgIpc) is 2.41. The van der Waals surface area contributed by atoms with Gasteiger partial charge in [0.1, 0.15) is 5.69 Å². The summed E-state index contributed by atoms with van der Waals surface area (Å²) in [5, 5.41) is 6.65. The van der Waals surface area contributed by atoms with Crippen molar-refractivity contribution in [3.8, 4) is 0 Å². The summed E-state index contributed by atoms with van der Waals surface area (Å²) in [6, 6.07) is 10.6. The first kappa shape index (κ1) is 13.7. The van der Waals surface area contributed by atoms with Gasteiger partial charge in [-0.15, -0.1) is 0 Å². The molecule has 98 valence electrons. The van der Waals surface area contributed by atoms with Gasteiger partial charge in [0, 0.05) is 23.2 Å². The van der Waals surface area contributed by atoms with Gasteiger partial charge in [0.2, 0.25) is 0 Å². The first-order valence-electron chi connectivity index (χ1n) is 5.63. The maximum atomic E-state index is 11.9. The Morgan fingerprint density at radius 1 is 1.26 bits per heavy atom. The highest BCUT2D eigenvalue weighted by molar-refractivity contribution is 14.1. The molecule has 19 heavy (non-hydrogen) atoms. The summed E-state index contributed by atoms with van der Waals surface area (Å²) in [6.45, 7) is 0.431. The largest absolute Gasteiger partial charge is 0.347 e. The molecule has 0 aliphatic heterocycles. The fourth-order valence-corrected chi connectivity index (χ4v) is 1.86. The van der Waals surface area contributed by atoms with Crippen LogP contribution in [0, 0.1) is 3.57 Å². The van der Waals surface area contributed by atoms with Crippen LogP contribution in [0.3, 0.4) is 0 Å². The van der Waals surface area contributed by atoms with E-state index in [1.807, 2.05) is 24.3 Å². The second-order valence-electron chi connectivity index (χ2n) is 3.99. The van der Waals surface area contributed by atoms with Gasteiger partial charge in [-0.2, -0.15) is 5.10 Å². The van der Waals surface area contributed by atoms with Crippen LogP contribution < -0.4 is 10.9 Å². The number of benzene rings is 1. The summed E-state index contributed by atoms with van der Waals surface area (Å²) in [4.78, 5) is 23.0. The number of hydrogen-bond donors (Lipinski definition) is 1. The quantitative estimate of drug-likeness (QED) is 0.831. The summed E-state index contributed by atoms with van der Waals surface area (Å²) < 4.78 is 2.28. The van der Waals surface area contributed by atoms with E-state index in [2.05, 4.69) is 33.0 Å². The van der Waals surface area contributed by atoms with Crippen LogP contribution >= 0.6 is 22.6 Å². The molecule has 0 radical (unpaired) electrons. The summed E-state index contributed by atoms with van der Waals surface area (Å²) in [5.41, 5.74) is 1.00. The molecule has 2 aromatic rings. The van der Waals surface area contributed by atoms with Crippen molar-refractivity contribution in [1.29, 1.82) is 0 Å². The number of nitrogens with one attached hydrogen (secondary N) is 1. The number of carbonyl (C=O) groups excluding carboxylic acids is 1. The number of aryl methyl sites for hydroxylation is 1. The Hall–Kier alpha value is -1.70.